The Bertz CT molecular complexity index is 116. The fourth-order valence-corrected chi connectivity index (χ4v) is 0.189. The Morgan fingerprint density at radius 3 is 1.82 bits per heavy atom. The molecular formula is C6H12O5. The van der Waals surface area contributed by atoms with E-state index < -0.39 is 11.9 Å². The zero-order chi connectivity index (χ0) is 9.28. The Morgan fingerprint density at radius 1 is 1.36 bits per heavy atom. The maximum Gasteiger partial charge on any atom is 0.329 e. The highest BCUT2D eigenvalue weighted by molar-refractivity contribution is 5.67. The molecule has 0 aliphatic carbocycles. The zero-order valence-corrected chi connectivity index (χ0v) is 6.53. The molecule has 0 unspecified atom stereocenters. The van der Waals surface area contributed by atoms with Crippen LogP contribution in [-0.4, -0.2) is 35.4 Å². The van der Waals surface area contributed by atoms with Gasteiger partial charge in [0.05, 0.1) is 0 Å². The van der Waals surface area contributed by atoms with Gasteiger partial charge in [0.1, 0.15) is 6.61 Å². The van der Waals surface area contributed by atoms with Crippen LogP contribution in [0, 0.1) is 0 Å². The minimum absolute atomic E-state index is 0.184. The average Bonchev–Trinajstić information content (AvgIpc) is 1.82. The van der Waals surface area contributed by atoms with Crippen molar-refractivity contribution in [3.05, 3.63) is 0 Å². The van der Waals surface area contributed by atoms with Gasteiger partial charge < -0.3 is 14.9 Å². The molecule has 0 saturated carbocycles. The number of aliphatic carboxylic acids is 2. The molecule has 0 spiro atoms. The van der Waals surface area contributed by atoms with Crippen molar-refractivity contribution in [2.24, 2.45) is 0 Å². The number of hydrogen-bond acceptors (Lipinski definition) is 3. The molecule has 0 aromatic carbocycles. The quantitative estimate of drug-likeness (QED) is 0.622. The van der Waals surface area contributed by atoms with E-state index in [0.29, 0.717) is 6.61 Å². The van der Waals surface area contributed by atoms with Crippen molar-refractivity contribution in [2.75, 3.05) is 13.2 Å². The standard InChI is InChI=1S/C4H8O3.C2H4O2/c1-2-7-3-4(5)6;1-2(3)4/h2-3H2,1H3,(H,5,6);1H3,(H,3,4). The molecule has 11 heavy (non-hydrogen) atoms. The number of carboxylic acids is 2. The summed E-state index contributed by atoms with van der Waals surface area (Å²) in [6, 6.07) is 0. The third kappa shape index (κ3) is 50.4. The topological polar surface area (TPSA) is 83.8 Å². The molecule has 0 amide bonds. The van der Waals surface area contributed by atoms with Gasteiger partial charge >= 0.3 is 5.97 Å². The molecule has 0 saturated heterocycles. The van der Waals surface area contributed by atoms with Crippen LogP contribution < -0.4 is 0 Å². The fraction of sp³-hybridized carbons (Fsp3) is 0.667. The van der Waals surface area contributed by atoms with Crippen LogP contribution in [0.5, 0.6) is 0 Å². The van der Waals surface area contributed by atoms with E-state index in [-0.39, 0.29) is 6.61 Å². The van der Waals surface area contributed by atoms with E-state index in [0.717, 1.165) is 6.92 Å². The maximum atomic E-state index is 9.63. The summed E-state index contributed by atoms with van der Waals surface area (Å²) in [7, 11) is 0. The number of carboxylic acid groups (broad SMARTS) is 2. The van der Waals surface area contributed by atoms with E-state index in [1.165, 1.54) is 0 Å². The minimum Gasteiger partial charge on any atom is -0.481 e. The van der Waals surface area contributed by atoms with Crippen molar-refractivity contribution in [2.45, 2.75) is 13.8 Å². The molecule has 0 aliphatic rings. The summed E-state index contributed by atoms with van der Waals surface area (Å²) >= 11 is 0. The molecule has 0 aromatic heterocycles. The third-order valence-corrected chi connectivity index (χ3v) is 0.430. The molecule has 5 nitrogen and oxygen atoms in total. The van der Waals surface area contributed by atoms with Crippen molar-refractivity contribution >= 4 is 11.9 Å². The number of hydrogen-bond donors (Lipinski definition) is 2. The summed E-state index contributed by atoms with van der Waals surface area (Å²) in [4.78, 5) is 18.6. The second-order valence-corrected chi connectivity index (χ2v) is 1.55. The van der Waals surface area contributed by atoms with Gasteiger partial charge in [0.2, 0.25) is 0 Å². The molecule has 0 aromatic rings. The molecule has 2 N–H and O–H groups in total. The second kappa shape index (κ2) is 8.90. The summed E-state index contributed by atoms with van der Waals surface area (Å²) in [6.45, 7) is 3.12. The first-order valence-electron chi connectivity index (χ1n) is 2.99. The highest BCUT2D eigenvalue weighted by atomic mass is 16.5. The highest BCUT2D eigenvalue weighted by Crippen LogP contribution is 1.69. The average molecular weight is 164 g/mol. The van der Waals surface area contributed by atoms with Crippen molar-refractivity contribution in [3.63, 3.8) is 0 Å². The van der Waals surface area contributed by atoms with Crippen molar-refractivity contribution in [3.8, 4) is 0 Å². The van der Waals surface area contributed by atoms with Gasteiger partial charge in [-0.15, -0.1) is 0 Å². The number of rotatable bonds is 3. The van der Waals surface area contributed by atoms with E-state index in [1.54, 1.807) is 6.92 Å². The monoisotopic (exact) mass is 164 g/mol. The van der Waals surface area contributed by atoms with Gasteiger partial charge in [-0.1, -0.05) is 0 Å². The Morgan fingerprint density at radius 2 is 1.73 bits per heavy atom. The lowest BCUT2D eigenvalue weighted by Crippen LogP contribution is -2.05. The Labute approximate surface area is 64.6 Å². The van der Waals surface area contributed by atoms with E-state index >= 15 is 0 Å². The first-order chi connectivity index (χ1) is 5.00. The smallest absolute Gasteiger partial charge is 0.329 e. The SMILES string of the molecule is CC(=O)O.CCOCC(=O)O. The lowest BCUT2D eigenvalue weighted by atomic mass is 10.7. The highest BCUT2D eigenvalue weighted by Gasteiger charge is 1.90. The summed E-state index contributed by atoms with van der Waals surface area (Å²) in [5.41, 5.74) is 0. The van der Waals surface area contributed by atoms with Gasteiger partial charge in [-0.05, 0) is 6.92 Å². The van der Waals surface area contributed by atoms with Crippen LogP contribution in [-0.2, 0) is 14.3 Å². The lowest BCUT2D eigenvalue weighted by Gasteiger charge is -1.90. The van der Waals surface area contributed by atoms with E-state index in [4.69, 9.17) is 15.0 Å². The molecular weight excluding hydrogens is 152 g/mol. The van der Waals surface area contributed by atoms with Crippen LogP contribution in [0.2, 0.25) is 0 Å². The predicted octanol–water partition coefficient (Wildman–Crippen LogP) is 0.198. The fourth-order valence-electron chi connectivity index (χ4n) is 0.189. The largest absolute Gasteiger partial charge is 0.481 e. The zero-order valence-electron chi connectivity index (χ0n) is 6.53. The first-order valence-corrected chi connectivity index (χ1v) is 2.99. The summed E-state index contributed by atoms with van der Waals surface area (Å²) < 4.78 is 4.50. The summed E-state index contributed by atoms with van der Waals surface area (Å²) in [5, 5.41) is 15.3. The van der Waals surface area contributed by atoms with Gasteiger partial charge in [-0.3, -0.25) is 4.79 Å². The Balaban J connectivity index is 0. The van der Waals surface area contributed by atoms with Crippen LogP contribution in [0.25, 0.3) is 0 Å². The minimum atomic E-state index is -0.915. The van der Waals surface area contributed by atoms with E-state index in [9.17, 15) is 4.79 Å². The molecule has 0 radical (unpaired) electrons. The molecule has 0 heterocycles. The van der Waals surface area contributed by atoms with Crippen LogP contribution in [0.1, 0.15) is 13.8 Å². The van der Waals surface area contributed by atoms with Crippen LogP contribution in [0.4, 0.5) is 0 Å². The van der Waals surface area contributed by atoms with Crippen molar-refractivity contribution in [1.29, 1.82) is 0 Å². The first kappa shape index (κ1) is 12.6. The molecule has 66 valence electrons. The van der Waals surface area contributed by atoms with Gasteiger partial charge in [0.15, 0.2) is 0 Å². The van der Waals surface area contributed by atoms with Gasteiger partial charge in [-0.2, -0.15) is 0 Å². The number of carbonyl (C=O) groups is 2. The van der Waals surface area contributed by atoms with Crippen molar-refractivity contribution in [1.82, 2.24) is 0 Å². The summed E-state index contributed by atoms with van der Waals surface area (Å²) in [6.07, 6.45) is 0. The molecule has 0 rings (SSSR count). The van der Waals surface area contributed by atoms with Gasteiger partial charge in [-0.25, -0.2) is 4.79 Å². The molecule has 0 atom stereocenters. The maximum absolute atomic E-state index is 9.63. The molecule has 0 aliphatic heterocycles. The Hall–Kier alpha value is -1.10. The second-order valence-electron chi connectivity index (χ2n) is 1.55. The summed E-state index contributed by atoms with van der Waals surface area (Å²) in [5.74, 6) is -1.75. The molecule has 5 heteroatoms. The number of ether oxygens (including phenoxy) is 1. The third-order valence-electron chi connectivity index (χ3n) is 0.430. The van der Waals surface area contributed by atoms with E-state index in [2.05, 4.69) is 4.74 Å². The van der Waals surface area contributed by atoms with Gasteiger partial charge in [0.25, 0.3) is 5.97 Å². The molecule has 0 fully saturated rings. The molecule has 0 bridgehead atoms. The van der Waals surface area contributed by atoms with E-state index in [1.807, 2.05) is 0 Å². The lowest BCUT2D eigenvalue weighted by molar-refractivity contribution is -0.142. The predicted molar refractivity (Wildman–Crippen MR) is 37.4 cm³/mol. The van der Waals surface area contributed by atoms with Crippen LogP contribution in [0.15, 0.2) is 0 Å². The Kier molecular flexibility index (Phi) is 10.2. The normalized spacial score (nSPS) is 7.82. The van der Waals surface area contributed by atoms with Gasteiger partial charge in [0, 0.05) is 13.5 Å². The van der Waals surface area contributed by atoms with Crippen molar-refractivity contribution < 1.29 is 24.5 Å². The van der Waals surface area contributed by atoms with Crippen LogP contribution in [0.3, 0.4) is 0 Å². The van der Waals surface area contributed by atoms with Crippen LogP contribution >= 0.6 is 0 Å².